The van der Waals surface area contributed by atoms with Crippen molar-refractivity contribution in [2.45, 2.75) is 0 Å². The lowest BCUT2D eigenvalue weighted by atomic mass is 10.2. The lowest BCUT2D eigenvalue weighted by Crippen LogP contribution is -2.17. The average molecular weight is 499 g/mol. The van der Waals surface area contributed by atoms with Crippen LogP contribution in [0.15, 0.2) is 62.9 Å². The molecule has 25 heavy (non-hydrogen) atoms. The molecule has 4 nitrogen and oxygen atoms in total. The minimum atomic E-state index is -0.575. The first kappa shape index (κ1) is 18.2. The number of thiazole rings is 1. The fourth-order valence-electron chi connectivity index (χ4n) is 2.08. The second-order valence-corrected chi connectivity index (χ2v) is 8.04. The van der Waals surface area contributed by atoms with Gasteiger partial charge in [0.1, 0.15) is 0 Å². The first-order valence-electron chi connectivity index (χ1n) is 6.95. The quantitative estimate of drug-likeness (QED) is 0.342. The molecule has 0 unspecified atom stereocenters. The number of hydrogen-bond acceptors (Lipinski definition) is 5. The van der Waals surface area contributed by atoms with Gasteiger partial charge in [0.05, 0.1) is 16.5 Å². The third kappa shape index (κ3) is 3.82. The minimum Gasteiger partial charge on any atom is -0.404 e. The molecule has 1 heterocycles. The van der Waals surface area contributed by atoms with Crippen LogP contribution in [0, 0.1) is 3.95 Å². The Morgan fingerprint density at radius 1 is 0.960 bits per heavy atom. The molecule has 8 heteroatoms. The number of carbonyl (C=O) groups is 2. The van der Waals surface area contributed by atoms with Crippen molar-refractivity contribution < 1.29 is 14.3 Å². The average Bonchev–Trinajstić information content (AvgIpc) is 2.95. The highest BCUT2D eigenvalue weighted by Crippen LogP contribution is 2.26. The molecule has 0 aliphatic heterocycles. The summed E-state index contributed by atoms with van der Waals surface area (Å²) < 4.78 is 8.18. The van der Waals surface area contributed by atoms with Gasteiger partial charge in [-0.1, -0.05) is 24.3 Å². The standard InChI is InChI=1S/C17H9Br2NO3S2/c18-12-7-3-1-5-10(12)15(21)20-14(9-25-17(20)24)23-16(22)11-6-2-4-8-13(11)19/h1-9H. The molecule has 0 saturated carbocycles. The lowest BCUT2D eigenvalue weighted by molar-refractivity contribution is 0.0715. The van der Waals surface area contributed by atoms with E-state index in [2.05, 4.69) is 31.9 Å². The summed E-state index contributed by atoms with van der Waals surface area (Å²) in [6, 6.07) is 13.9. The van der Waals surface area contributed by atoms with Crippen LogP contribution in [0.5, 0.6) is 5.88 Å². The molecule has 0 N–H and O–H groups in total. The lowest BCUT2D eigenvalue weighted by Gasteiger charge is -2.09. The van der Waals surface area contributed by atoms with Crippen LogP contribution in [-0.4, -0.2) is 16.4 Å². The van der Waals surface area contributed by atoms with Gasteiger partial charge in [-0.15, -0.1) is 11.3 Å². The maximum Gasteiger partial charge on any atom is 0.345 e. The highest BCUT2D eigenvalue weighted by Gasteiger charge is 2.21. The van der Waals surface area contributed by atoms with E-state index in [-0.39, 0.29) is 11.8 Å². The van der Waals surface area contributed by atoms with E-state index in [0.717, 1.165) is 11.3 Å². The van der Waals surface area contributed by atoms with Gasteiger partial charge in [0.25, 0.3) is 5.91 Å². The molecule has 0 saturated heterocycles. The summed E-state index contributed by atoms with van der Waals surface area (Å²) in [6.45, 7) is 0. The van der Waals surface area contributed by atoms with Gasteiger partial charge in [0.2, 0.25) is 5.88 Å². The molecule has 0 atom stereocenters. The van der Waals surface area contributed by atoms with Crippen molar-refractivity contribution in [3.63, 3.8) is 0 Å². The molecule has 1 aromatic heterocycles. The summed E-state index contributed by atoms with van der Waals surface area (Å²) in [5, 5.41) is 1.55. The first-order valence-corrected chi connectivity index (χ1v) is 9.83. The molecule has 0 bridgehead atoms. The molecule has 0 fully saturated rings. The second-order valence-electron chi connectivity index (χ2n) is 4.83. The van der Waals surface area contributed by atoms with Gasteiger partial charge in [-0.2, -0.15) is 0 Å². The summed E-state index contributed by atoms with van der Waals surface area (Å²) in [4.78, 5) is 25.2. The topological polar surface area (TPSA) is 48.3 Å². The SMILES string of the molecule is O=C(Oc1csc(=S)n1C(=O)c1ccccc1Br)c1ccccc1Br. The fraction of sp³-hybridized carbons (Fsp3) is 0. The van der Waals surface area contributed by atoms with Crippen LogP contribution in [0.2, 0.25) is 0 Å². The molecular weight excluding hydrogens is 490 g/mol. The molecule has 0 amide bonds. The van der Waals surface area contributed by atoms with E-state index in [1.807, 2.05) is 6.07 Å². The van der Waals surface area contributed by atoms with Crippen molar-refractivity contribution in [1.29, 1.82) is 0 Å². The number of benzene rings is 2. The van der Waals surface area contributed by atoms with Crippen molar-refractivity contribution >= 4 is 67.3 Å². The molecule has 3 rings (SSSR count). The van der Waals surface area contributed by atoms with E-state index < -0.39 is 5.97 Å². The maximum absolute atomic E-state index is 12.8. The van der Waals surface area contributed by atoms with E-state index in [1.54, 1.807) is 47.8 Å². The normalized spacial score (nSPS) is 10.5. The molecule has 0 spiro atoms. The van der Waals surface area contributed by atoms with E-state index in [1.165, 1.54) is 4.57 Å². The van der Waals surface area contributed by atoms with Crippen LogP contribution in [0.1, 0.15) is 20.7 Å². The number of carbonyl (C=O) groups excluding carboxylic acids is 2. The van der Waals surface area contributed by atoms with Crippen LogP contribution in [0.3, 0.4) is 0 Å². The number of hydrogen-bond donors (Lipinski definition) is 0. The van der Waals surface area contributed by atoms with Crippen LogP contribution in [-0.2, 0) is 0 Å². The highest BCUT2D eigenvalue weighted by atomic mass is 79.9. The zero-order valence-corrected chi connectivity index (χ0v) is 17.2. The van der Waals surface area contributed by atoms with E-state index in [9.17, 15) is 9.59 Å². The number of esters is 1. The zero-order chi connectivity index (χ0) is 18.0. The predicted molar refractivity (Wildman–Crippen MR) is 106 cm³/mol. The summed E-state index contributed by atoms with van der Waals surface area (Å²) in [5.41, 5.74) is 0.787. The Labute approximate surface area is 169 Å². The Hall–Kier alpha value is -1.61. The molecule has 3 aromatic rings. The summed E-state index contributed by atoms with van der Waals surface area (Å²) in [5.74, 6) is -0.848. The van der Waals surface area contributed by atoms with Crippen LogP contribution in [0.4, 0.5) is 0 Å². The third-order valence-electron chi connectivity index (χ3n) is 3.26. The number of ether oxygens (including phenoxy) is 1. The van der Waals surface area contributed by atoms with Crippen LogP contribution < -0.4 is 4.74 Å². The van der Waals surface area contributed by atoms with Crippen molar-refractivity contribution in [2.24, 2.45) is 0 Å². The number of halogens is 2. The molecule has 0 aliphatic rings. The highest BCUT2D eigenvalue weighted by molar-refractivity contribution is 9.10. The predicted octanol–water partition coefficient (Wildman–Crippen LogP) is 5.71. The van der Waals surface area contributed by atoms with Gasteiger partial charge >= 0.3 is 5.97 Å². The molecule has 2 aromatic carbocycles. The second kappa shape index (κ2) is 7.74. The smallest absolute Gasteiger partial charge is 0.345 e. The summed E-state index contributed by atoms with van der Waals surface area (Å²) in [6.07, 6.45) is 0. The van der Waals surface area contributed by atoms with E-state index in [0.29, 0.717) is 24.0 Å². The Morgan fingerprint density at radius 2 is 1.52 bits per heavy atom. The fourth-order valence-corrected chi connectivity index (χ4v) is 3.93. The molecular formula is C17H9Br2NO3S2. The molecule has 0 aliphatic carbocycles. The van der Waals surface area contributed by atoms with Crippen molar-refractivity contribution in [2.75, 3.05) is 0 Å². The number of aromatic nitrogens is 1. The van der Waals surface area contributed by atoms with Gasteiger partial charge < -0.3 is 4.74 Å². The monoisotopic (exact) mass is 497 g/mol. The number of nitrogens with zero attached hydrogens (tertiary/aromatic N) is 1. The Morgan fingerprint density at radius 3 is 2.12 bits per heavy atom. The van der Waals surface area contributed by atoms with Crippen LogP contribution >= 0.6 is 55.4 Å². The zero-order valence-electron chi connectivity index (χ0n) is 12.4. The van der Waals surface area contributed by atoms with Crippen molar-refractivity contribution in [3.05, 3.63) is 77.9 Å². The third-order valence-corrected chi connectivity index (χ3v) is 5.82. The minimum absolute atomic E-state index is 0.0940. The van der Waals surface area contributed by atoms with Crippen molar-refractivity contribution in [3.8, 4) is 5.88 Å². The van der Waals surface area contributed by atoms with Gasteiger partial charge in [-0.25, -0.2) is 9.36 Å². The first-order chi connectivity index (χ1) is 12.0. The Balaban J connectivity index is 1.97. The largest absolute Gasteiger partial charge is 0.404 e. The Bertz CT molecular complexity index is 1030. The molecule has 0 radical (unpaired) electrons. The Kier molecular flexibility index (Phi) is 5.63. The van der Waals surface area contributed by atoms with Gasteiger partial charge in [-0.3, -0.25) is 4.79 Å². The van der Waals surface area contributed by atoms with Crippen LogP contribution in [0.25, 0.3) is 0 Å². The summed E-state index contributed by atoms with van der Waals surface area (Å²) in [7, 11) is 0. The number of rotatable bonds is 3. The summed E-state index contributed by atoms with van der Waals surface area (Å²) >= 11 is 13.0. The van der Waals surface area contributed by atoms with Crippen molar-refractivity contribution in [1.82, 2.24) is 4.57 Å². The van der Waals surface area contributed by atoms with Gasteiger partial charge in [0, 0.05) is 8.95 Å². The molecule has 126 valence electrons. The van der Waals surface area contributed by atoms with Gasteiger partial charge in [-0.05, 0) is 68.3 Å². The maximum atomic E-state index is 12.8. The van der Waals surface area contributed by atoms with E-state index >= 15 is 0 Å². The van der Waals surface area contributed by atoms with Gasteiger partial charge in [0.15, 0.2) is 3.95 Å². The van der Waals surface area contributed by atoms with E-state index in [4.69, 9.17) is 17.0 Å².